The van der Waals surface area contributed by atoms with Crippen molar-refractivity contribution in [1.82, 2.24) is 19.7 Å². The third-order valence-electron chi connectivity index (χ3n) is 3.67. The summed E-state index contributed by atoms with van der Waals surface area (Å²) in [7, 11) is 5.43. The summed E-state index contributed by atoms with van der Waals surface area (Å²) in [5.74, 6) is 1.18. The van der Waals surface area contributed by atoms with E-state index in [0.717, 1.165) is 32.5 Å². The van der Waals surface area contributed by atoms with Gasteiger partial charge in [0.15, 0.2) is 0 Å². The van der Waals surface area contributed by atoms with E-state index in [0.29, 0.717) is 11.8 Å². The van der Waals surface area contributed by atoms with Gasteiger partial charge in [-0.2, -0.15) is 10.1 Å². The molecule has 1 aromatic carbocycles. The van der Waals surface area contributed by atoms with Crippen molar-refractivity contribution < 1.29 is 4.74 Å². The van der Waals surface area contributed by atoms with E-state index in [1.54, 1.807) is 7.11 Å². The summed E-state index contributed by atoms with van der Waals surface area (Å²) in [5, 5.41) is 5.45. The second-order valence-electron chi connectivity index (χ2n) is 5.53. The highest BCUT2D eigenvalue weighted by atomic mass is 79.9. The average molecular weight is 376 g/mol. The lowest BCUT2D eigenvalue weighted by Crippen LogP contribution is -2.13. The van der Waals surface area contributed by atoms with Crippen LogP contribution in [0, 0.1) is 13.8 Å². The highest BCUT2D eigenvalue weighted by Gasteiger charge is 2.14. The monoisotopic (exact) mass is 375 g/mol. The maximum atomic E-state index is 5.40. The van der Waals surface area contributed by atoms with Gasteiger partial charge in [0.05, 0.1) is 39.6 Å². The van der Waals surface area contributed by atoms with Crippen molar-refractivity contribution in [3.05, 3.63) is 34.1 Å². The van der Waals surface area contributed by atoms with Crippen molar-refractivity contribution in [3.63, 3.8) is 0 Å². The number of hydrogen-bond donors (Lipinski definition) is 0. The Kier molecular flexibility index (Phi) is 3.97. The number of nitrogens with zero attached hydrogens (tertiary/aromatic N) is 5. The fraction of sp³-hybridized carbons (Fsp3) is 0.312. The van der Waals surface area contributed by atoms with Crippen molar-refractivity contribution in [1.29, 1.82) is 0 Å². The van der Waals surface area contributed by atoms with Crippen LogP contribution in [0.3, 0.4) is 0 Å². The van der Waals surface area contributed by atoms with Gasteiger partial charge in [-0.1, -0.05) is 0 Å². The van der Waals surface area contributed by atoms with Gasteiger partial charge in [0.2, 0.25) is 11.8 Å². The minimum Gasteiger partial charge on any atom is -0.480 e. The van der Waals surface area contributed by atoms with Gasteiger partial charge in [0.1, 0.15) is 0 Å². The van der Waals surface area contributed by atoms with E-state index in [1.807, 2.05) is 55.7 Å². The zero-order chi connectivity index (χ0) is 16.7. The maximum Gasteiger partial charge on any atom is 0.228 e. The summed E-state index contributed by atoms with van der Waals surface area (Å²) >= 11 is 3.56. The molecule has 0 N–H and O–H groups in total. The van der Waals surface area contributed by atoms with Crippen LogP contribution in [-0.4, -0.2) is 41.0 Å². The van der Waals surface area contributed by atoms with Crippen molar-refractivity contribution in [3.8, 4) is 11.6 Å². The standard InChI is InChI=1S/C16H18BrN5O/c1-9-14(17)10(2)22(20-9)11-6-7-12-13(8-11)18-16(21(3)4)19-15(12)23-5/h6-8H,1-5H3. The molecule has 0 fully saturated rings. The number of aryl methyl sites for hydroxylation is 1. The number of rotatable bonds is 3. The van der Waals surface area contributed by atoms with Crippen LogP contribution in [0.1, 0.15) is 11.4 Å². The lowest BCUT2D eigenvalue weighted by Gasteiger charge is -2.13. The van der Waals surface area contributed by atoms with Gasteiger partial charge in [0, 0.05) is 14.1 Å². The van der Waals surface area contributed by atoms with Crippen LogP contribution in [0.5, 0.6) is 5.88 Å². The normalized spacial score (nSPS) is 11.0. The highest BCUT2D eigenvalue weighted by molar-refractivity contribution is 9.10. The number of ether oxygens (including phenoxy) is 1. The minimum atomic E-state index is 0.569. The van der Waals surface area contributed by atoms with Crippen LogP contribution in [0.4, 0.5) is 5.95 Å². The molecule has 23 heavy (non-hydrogen) atoms. The van der Waals surface area contributed by atoms with Crippen LogP contribution in [0.25, 0.3) is 16.6 Å². The van der Waals surface area contributed by atoms with E-state index < -0.39 is 0 Å². The van der Waals surface area contributed by atoms with Gasteiger partial charge >= 0.3 is 0 Å². The lowest BCUT2D eigenvalue weighted by molar-refractivity contribution is 0.403. The molecule has 2 aromatic heterocycles. The van der Waals surface area contributed by atoms with Gasteiger partial charge in [-0.25, -0.2) is 9.67 Å². The molecule has 0 saturated carbocycles. The minimum absolute atomic E-state index is 0.569. The SMILES string of the molecule is COc1nc(N(C)C)nc2cc(-n3nc(C)c(Br)c3C)ccc12. The van der Waals surface area contributed by atoms with E-state index in [-0.39, 0.29) is 0 Å². The number of benzene rings is 1. The van der Waals surface area contributed by atoms with Crippen LogP contribution in [0.2, 0.25) is 0 Å². The second-order valence-corrected chi connectivity index (χ2v) is 6.32. The first-order chi connectivity index (χ1) is 10.9. The predicted molar refractivity (Wildman–Crippen MR) is 94.7 cm³/mol. The van der Waals surface area contributed by atoms with Crippen molar-refractivity contribution in [2.45, 2.75) is 13.8 Å². The van der Waals surface area contributed by atoms with Crippen LogP contribution < -0.4 is 9.64 Å². The van der Waals surface area contributed by atoms with Gasteiger partial charge in [0.25, 0.3) is 0 Å². The molecule has 0 spiro atoms. The number of aromatic nitrogens is 4. The zero-order valence-corrected chi connectivity index (χ0v) is 15.3. The summed E-state index contributed by atoms with van der Waals surface area (Å²) in [6, 6.07) is 5.96. The number of halogens is 1. The van der Waals surface area contributed by atoms with Crippen LogP contribution in [-0.2, 0) is 0 Å². The molecule has 0 saturated heterocycles. The fourth-order valence-electron chi connectivity index (χ4n) is 2.44. The Morgan fingerprint density at radius 2 is 1.91 bits per heavy atom. The van der Waals surface area contributed by atoms with Gasteiger partial charge in [-0.3, -0.25) is 0 Å². The Labute approximate surface area is 143 Å². The van der Waals surface area contributed by atoms with E-state index in [1.165, 1.54) is 0 Å². The zero-order valence-electron chi connectivity index (χ0n) is 13.8. The molecule has 0 aliphatic rings. The molecule has 3 rings (SSSR count). The molecule has 0 aliphatic carbocycles. The Morgan fingerprint density at radius 3 is 2.48 bits per heavy atom. The van der Waals surface area contributed by atoms with Gasteiger partial charge in [-0.15, -0.1) is 0 Å². The molecule has 0 radical (unpaired) electrons. The first-order valence-corrected chi connectivity index (χ1v) is 7.97. The summed E-state index contributed by atoms with van der Waals surface area (Å²) in [6.45, 7) is 4.00. The van der Waals surface area contributed by atoms with Gasteiger partial charge in [-0.05, 0) is 48.0 Å². The molecule has 0 bridgehead atoms. The predicted octanol–water partition coefficient (Wildman–Crippen LogP) is 3.27. The van der Waals surface area contributed by atoms with Crippen LogP contribution in [0.15, 0.2) is 22.7 Å². The smallest absolute Gasteiger partial charge is 0.228 e. The largest absolute Gasteiger partial charge is 0.480 e. The second kappa shape index (κ2) is 5.81. The molecule has 0 amide bonds. The number of anilines is 1. The quantitative estimate of drug-likeness (QED) is 0.702. The molecule has 3 aromatic rings. The third-order valence-corrected chi connectivity index (χ3v) is 4.82. The van der Waals surface area contributed by atoms with E-state index in [9.17, 15) is 0 Å². The van der Waals surface area contributed by atoms with E-state index in [4.69, 9.17) is 4.74 Å². The molecule has 6 nitrogen and oxygen atoms in total. The van der Waals surface area contributed by atoms with Gasteiger partial charge < -0.3 is 9.64 Å². The Morgan fingerprint density at radius 1 is 1.17 bits per heavy atom. The average Bonchev–Trinajstić information content (AvgIpc) is 2.80. The summed E-state index contributed by atoms with van der Waals surface area (Å²) in [6.07, 6.45) is 0. The Bertz CT molecular complexity index is 888. The molecule has 120 valence electrons. The molecule has 0 atom stereocenters. The third kappa shape index (κ3) is 2.65. The lowest BCUT2D eigenvalue weighted by atomic mass is 10.2. The first kappa shape index (κ1) is 15.7. The highest BCUT2D eigenvalue weighted by Crippen LogP contribution is 2.28. The van der Waals surface area contributed by atoms with E-state index >= 15 is 0 Å². The van der Waals surface area contributed by atoms with E-state index in [2.05, 4.69) is 31.0 Å². The number of methoxy groups -OCH3 is 1. The number of fused-ring (bicyclic) bond motifs is 1. The van der Waals surface area contributed by atoms with Crippen molar-refractivity contribution in [2.75, 3.05) is 26.1 Å². The first-order valence-electron chi connectivity index (χ1n) is 7.17. The molecule has 7 heteroatoms. The molecular formula is C16H18BrN5O. The molecule has 2 heterocycles. The topological polar surface area (TPSA) is 56.1 Å². The summed E-state index contributed by atoms with van der Waals surface area (Å²) < 4.78 is 8.33. The Balaban J connectivity index is 2.23. The molecule has 0 unspecified atom stereocenters. The summed E-state index contributed by atoms with van der Waals surface area (Å²) in [4.78, 5) is 10.9. The summed E-state index contributed by atoms with van der Waals surface area (Å²) in [5.41, 5.74) is 3.78. The van der Waals surface area contributed by atoms with Crippen molar-refractivity contribution in [2.24, 2.45) is 0 Å². The molecule has 0 aliphatic heterocycles. The van der Waals surface area contributed by atoms with Crippen LogP contribution >= 0.6 is 15.9 Å². The van der Waals surface area contributed by atoms with Crippen molar-refractivity contribution >= 4 is 32.8 Å². The Hall–Kier alpha value is -2.15. The number of hydrogen-bond acceptors (Lipinski definition) is 5. The fourth-order valence-corrected chi connectivity index (χ4v) is 2.69. The molecular weight excluding hydrogens is 358 g/mol. The maximum absolute atomic E-state index is 5.40.